The first-order valence-corrected chi connectivity index (χ1v) is 7.43. The first-order chi connectivity index (χ1) is 9.88. The van der Waals surface area contributed by atoms with Crippen LogP contribution < -0.4 is 0 Å². The fourth-order valence-electron chi connectivity index (χ4n) is 1.68. The molecule has 0 radical (unpaired) electrons. The number of benzene rings is 2. The Balaban J connectivity index is 2.34. The van der Waals surface area contributed by atoms with E-state index in [1.165, 1.54) is 6.07 Å². The van der Waals surface area contributed by atoms with Crippen molar-refractivity contribution in [1.29, 1.82) is 0 Å². The molecule has 0 heterocycles. The van der Waals surface area contributed by atoms with Gasteiger partial charge in [-0.1, -0.05) is 11.6 Å². The SMILES string of the molecule is O=C(O)c1ccc(F)c(S(=O)Cc2cc(F)ccc2Cl)c1. The molecule has 3 nitrogen and oxygen atoms in total. The zero-order valence-corrected chi connectivity index (χ0v) is 12.0. The number of carboxylic acids is 1. The molecule has 1 N–H and O–H groups in total. The molecule has 7 heteroatoms. The van der Waals surface area contributed by atoms with Crippen molar-refractivity contribution in [3.8, 4) is 0 Å². The van der Waals surface area contributed by atoms with Crippen LogP contribution in [0.3, 0.4) is 0 Å². The number of rotatable bonds is 4. The molecular formula is C14H9ClF2O3S. The Hall–Kier alpha value is -1.79. The molecule has 2 rings (SSSR count). The molecule has 110 valence electrons. The summed E-state index contributed by atoms with van der Waals surface area (Å²) in [4.78, 5) is 10.6. The summed E-state index contributed by atoms with van der Waals surface area (Å²) in [5, 5.41) is 9.07. The van der Waals surface area contributed by atoms with Crippen molar-refractivity contribution in [2.45, 2.75) is 10.6 Å². The van der Waals surface area contributed by atoms with E-state index < -0.39 is 28.4 Å². The van der Waals surface area contributed by atoms with Crippen LogP contribution in [0, 0.1) is 11.6 Å². The van der Waals surface area contributed by atoms with Crippen molar-refractivity contribution in [3.63, 3.8) is 0 Å². The van der Waals surface area contributed by atoms with Gasteiger partial charge in [0.1, 0.15) is 11.6 Å². The Morgan fingerprint density at radius 1 is 1.19 bits per heavy atom. The Bertz CT molecular complexity index is 734. The van der Waals surface area contributed by atoms with Crippen molar-refractivity contribution in [1.82, 2.24) is 0 Å². The third-order valence-corrected chi connectivity index (χ3v) is 4.46. The van der Waals surface area contributed by atoms with E-state index in [0.29, 0.717) is 0 Å². The van der Waals surface area contributed by atoms with Crippen molar-refractivity contribution in [2.75, 3.05) is 0 Å². The minimum Gasteiger partial charge on any atom is -0.478 e. The smallest absolute Gasteiger partial charge is 0.335 e. The first-order valence-electron chi connectivity index (χ1n) is 5.73. The molecule has 0 aliphatic heterocycles. The lowest BCUT2D eigenvalue weighted by molar-refractivity contribution is 0.0696. The van der Waals surface area contributed by atoms with Crippen LogP contribution in [-0.4, -0.2) is 15.3 Å². The molecule has 0 bridgehead atoms. The summed E-state index contributed by atoms with van der Waals surface area (Å²) in [6.07, 6.45) is 0. The van der Waals surface area contributed by atoms with Gasteiger partial charge in [0.2, 0.25) is 0 Å². The second-order valence-corrected chi connectivity index (χ2v) is 6.00. The summed E-state index contributed by atoms with van der Waals surface area (Å²) in [7, 11) is -1.88. The predicted molar refractivity (Wildman–Crippen MR) is 74.9 cm³/mol. The van der Waals surface area contributed by atoms with Gasteiger partial charge in [-0.2, -0.15) is 0 Å². The molecule has 2 aromatic carbocycles. The fraction of sp³-hybridized carbons (Fsp3) is 0.0714. The maximum absolute atomic E-state index is 13.7. The maximum atomic E-state index is 13.7. The van der Waals surface area contributed by atoms with Gasteiger partial charge >= 0.3 is 5.97 Å². The third-order valence-electron chi connectivity index (χ3n) is 2.72. The quantitative estimate of drug-likeness (QED) is 0.931. The Morgan fingerprint density at radius 3 is 2.57 bits per heavy atom. The van der Waals surface area contributed by atoms with Gasteiger partial charge in [-0.05, 0) is 42.0 Å². The first kappa shape index (κ1) is 15.6. The van der Waals surface area contributed by atoms with Gasteiger partial charge in [-0.15, -0.1) is 0 Å². The highest BCUT2D eigenvalue weighted by molar-refractivity contribution is 7.84. The molecule has 2 aromatic rings. The third kappa shape index (κ3) is 3.65. The number of hydrogen-bond acceptors (Lipinski definition) is 2. The molecule has 0 aliphatic rings. The van der Waals surface area contributed by atoms with Gasteiger partial charge in [-0.25, -0.2) is 13.6 Å². The number of aromatic carboxylic acids is 1. The molecule has 0 fully saturated rings. The van der Waals surface area contributed by atoms with Crippen LogP contribution in [0.1, 0.15) is 15.9 Å². The molecule has 0 saturated carbocycles. The second-order valence-electron chi connectivity index (χ2n) is 4.18. The molecule has 21 heavy (non-hydrogen) atoms. The second kappa shape index (κ2) is 6.32. The van der Waals surface area contributed by atoms with Crippen LogP contribution in [0.2, 0.25) is 5.02 Å². The molecule has 0 aromatic heterocycles. The van der Waals surface area contributed by atoms with Crippen molar-refractivity contribution in [2.24, 2.45) is 0 Å². The summed E-state index contributed by atoms with van der Waals surface area (Å²) in [5.41, 5.74) is 0.0835. The molecule has 0 spiro atoms. The van der Waals surface area contributed by atoms with Crippen molar-refractivity contribution < 1.29 is 22.9 Å². The van der Waals surface area contributed by atoms with Gasteiger partial charge in [0.05, 0.1) is 27.0 Å². The lowest BCUT2D eigenvalue weighted by Crippen LogP contribution is -2.04. The maximum Gasteiger partial charge on any atom is 0.335 e. The molecule has 1 atom stereocenters. The van der Waals surface area contributed by atoms with Gasteiger partial charge in [0.15, 0.2) is 0 Å². The van der Waals surface area contributed by atoms with E-state index in [2.05, 4.69) is 0 Å². The minimum absolute atomic E-state index is 0.176. The highest BCUT2D eigenvalue weighted by Gasteiger charge is 2.16. The van der Waals surface area contributed by atoms with Crippen LogP contribution in [0.25, 0.3) is 0 Å². The number of hydrogen-bond donors (Lipinski definition) is 1. The Kier molecular flexibility index (Phi) is 4.69. The highest BCUT2D eigenvalue weighted by atomic mass is 35.5. The standard InChI is InChI=1S/C14H9ClF2O3S/c15-11-3-2-10(16)5-9(11)7-21(20)13-6-8(14(18)19)1-4-12(13)17/h1-6H,7H2,(H,18,19). The zero-order chi connectivity index (χ0) is 15.6. The number of carboxylic acid groups (broad SMARTS) is 1. The van der Waals surface area contributed by atoms with Crippen LogP contribution in [0.4, 0.5) is 8.78 Å². The summed E-state index contributed by atoms with van der Waals surface area (Å²) in [6.45, 7) is 0. The van der Waals surface area contributed by atoms with E-state index in [0.717, 1.165) is 30.3 Å². The van der Waals surface area contributed by atoms with Gasteiger partial charge in [0, 0.05) is 5.02 Å². The predicted octanol–water partition coefficient (Wildman–Crippen LogP) is 3.62. The highest BCUT2D eigenvalue weighted by Crippen LogP contribution is 2.23. The van der Waals surface area contributed by atoms with Crippen LogP contribution in [0.5, 0.6) is 0 Å². The van der Waals surface area contributed by atoms with E-state index in [1.807, 2.05) is 0 Å². The van der Waals surface area contributed by atoms with E-state index in [-0.39, 0.29) is 26.8 Å². The Morgan fingerprint density at radius 2 is 1.90 bits per heavy atom. The Labute approximate surface area is 126 Å². The number of carbonyl (C=O) groups is 1. The summed E-state index contributed by atoms with van der Waals surface area (Å²) in [5.74, 6) is -2.80. The van der Waals surface area contributed by atoms with Crippen LogP contribution in [-0.2, 0) is 16.6 Å². The monoisotopic (exact) mass is 330 g/mol. The van der Waals surface area contributed by atoms with Gasteiger partial charge in [-0.3, -0.25) is 4.21 Å². The van der Waals surface area contributed by atoms with Crippen molar-refractivity contribution in [3.05, 3.63) is 64.2 Å². The van der Waals surface area contributed by atoms with E-state index in [9.17, 15) is 17.8 Å². The molecule has 1 unspecified atom stereocenters. The topological polar surface area (TPSA) is 54.4 Å². The van der Waals surface area contributed by atoms with Crippen LogP contribution >= 0.6 is 11.6 Å². The lowest BCUT2D eigenvalue weighted by atomic mass is 10.2. The molecular weight excluding hydrogens is 322 g/mol. The molecule has 0 amide bonds. The van der Waals surface area contributed by atoms with Gasteiger partial charge in [0.25, 0.3) is 0 Å². The van der Waals surface area contributed by atoms with E-state index >= 15 is 0 Å². The fourth-order valence-corrected chi connectivity index (χ4v) is 3.17. The normalized spacial score (nSPS) is 12.1. The largest absolute Gasteiger partial charge is 0.478 e. The summed E-state index contributed by atoms with van der Waals surface area (Å²) >= 11 is 5.86. The minimum atomic E-state index is -1.88. The van der Waals surface area contributed by atoms with Gasteiger partial charge < -0.3 is 5.11 Å². The summed E-state index contributed by atoms with van der Waals surface area (Å²) < 4.78 is 39.0. The van der Waals surface area contributed by atoms with Crippen LogP contribution in [0.15, 0.2) is 41.3 Å². The zero-order valence-electron chi connectivity index (χ0n) is 10.5. The average Bonchev–Trinajstić information content (AvgIpc) is 2.43. The van der Waals surface area contributed by atoms with E-state index in [1.54, 1.807) is 0 Å². The van der Waals surface area contributed by atoms with E-state index in [4.69, 9.17) is 16.7 Å². The van der Waals surface area contributed by atoms with Crippen molar-refractivity contribution >= 4 is 28.4 Å². The molecule has 0 saturated heterocycles. The summed E-state index contributed by atoms with van der Waals surface area (Å²) in [6, 6.07) is 6.59. The average molecular weight is 331 g/mol. The lowest BCUT2D eigenvalue weighted by Gasteiger charge is -2.07. The molecule has 0 aliphatic carbocycles. The number of halogens is 3.